The van der Waals surface area contributed by atoms with Crippen LogP contribution in [-0.2, 0) is 4.79 Å². The van der Waals surface area contributed by atoms with Gasteiger partial charge in [-0.25, -0.2) is 4.79 Å². The fourth-order valence-corrected chi connectivity index (χ4v) is 2.33. The Balaban J connectivity index is 2.06. The van der Waals surface area contributed by atoms with Crippen LogP contribution in [0.3, 0.4) is 0 Å². The number of nitrogens with one attached hydrogen (secondary N) is 1. The Morgan fingerprint density at radius 2 is 2.06 bits per heavy atom. The highest BCUT2D eigenvalue weighted by atomic mass is 32.1. The SMILES string of the molecule is O=C(O)c1sccc1NC(=O)C1CC=CC1. The first-order valence-electron chi connectivity index (χ1n) is 4.95. The minimum absolute atomic E-state index is 0.0541. The first kappa shape index (κ1) is 10.9. The van der Waals surface area contributed by atoms with Gasteiger partial charge in [0.25, 0.3) is 0 Å². The van der Waals surface area contributed by atoms with E-state index in [1.165, 1.54) is 0 Å². The van der Waals surface area contributed by atoms with E-state index in [4.69, 9.17) is 5.11 Å². The molecule has 0 saturated heterocycles. The molecule has 2 N–H and O–H groups in total. The first-order valence-corrected chi connectivity index (χ1v) is 5.83. The summed E-state index contributed by atoms with van der Waals surface area (Å²) >= 11 is 1.11. The van der Waals surface area contributed by atoms with Gasteiger partial charge in [0, 0.05) is 5.92 Å². The Morgan fingerprint density at radius 3 is 2.69 bits per heavy atom. The number of amides is 1. The van der Waals surface area contributed by atoms with Gasteiger partial charge in [0.05, 0.1) is 5.69 Å². The van der Waals surface area contributed by atoms with Crippen molar-refractivity contribution in [2.24, 2.45) is 5.92 Å². The van der Waals surface area contributed by atoms with Gasteiger partial charge in [0.15, 0.2) is 0 Å². The number of aromatic carboxylic acids is 1. The van der Waals surface area contributed by atoms with Crippen LogP contribution in [0, 0.1) is 5.92 Å². The molecule has 1 aromatic rings. The van der Waals surface area contributed by atoms with Crippen LogP contribution in [0.2, 0.25) is 0 Å². The molecule has 4 nitrogen and oxygen atoms in total. The molecule has 0 atom stereocenters. The average Bonchev–Trinajstić information content (AvgIpc) is 2.86. The second-order valence-electron chi connectivity index (χ2n) is 3.60. The molecular weight excluding hydrogens is 226 g/mol. The summed E-state index contributed by atoms with van der Waals surface area (Å²) in [6.07, 6.45) is 5.41. The van der Waals surface area contributed by atoms with Crippen LogP contribution < -0.4 is 5.32 Å². The molecule has 1 aliphatic carbocycles. The number of hydrogen-bond donors (Lipinski definition) is 2. The second-order valence-corrected chi connectivity index (χ2v) is 4.51. The fraction of sp³-hybridized carbons (Fsp3) is 0.273. The van der Waals surface area contributed by atoms with Crippen LogP contribution in [0.5, 0.6) is 0 Å². The Labute approximate surface area is 96.6 Å². The lowest BCUT2D eigenvalue weighted by Gasteiger charge is -2.09. The third kappa shape index (κ3) is 2.14. The van der Waals surface area contributed by atoms with E-state index < -0.39 is 5.97 Å². The van der Waals surface area contributed by atoms with Crippen LogP contribution in [0.1, 0.15) is 22.5 Å². The molecule has 1 aliphatic rings. The molecule has 0 aliphatic heterocycles. The van der Waals surface area contributed by atoms with Crippen LogP contribution in [0.15, 0.2) is 23.6 Å². The van der Waals surface area contributed by atoms with Crippen LogP contribution in [-0.4, -0.2) is 17.0 Å². The Morgan fingerprint density at radius 1 is 1.38 bits per heavy atom. The Bertz CT molecular complexity index is 442. The summed E-state index contributed by atoms with van der Waals surface area (Å²) in [5.74, 6) is -1.16. The van der Waals surface area contributed by atoms with Crippen LogP contribution in [0.25, 0.3) is 0 Å². The van der Waals surface area contributed by atoms with Crippen molar-refractivity contribution in [3.8, 4) is 0 Å². The number of thiophene rings is 1. The van der Waals surface area contributed by atoms with Crippen molar-refractivity contribution in [2.45, 2.75) is 12.8 Å². The monoisotopic (exact) mass is 237 g/mol. The van der Waals surface area contributed by atoms with E-state index in [-0.39, 0.29) is 16.7 Å². The van der Waals surface area contributed by atoms with Gasteiger partial charge in [-0.3, -0.25) is 4.79 Å². The maximum atomic E-state index is 11.7. The number of carbonyl (C=O) groups excluding carboxylic acids is 1. The van der Waals surface area contributed by atoms with Crippen LogP contribution in [0.4, 0.5) is 5.69 Å². The fourth-order valence-electron chi connectivity index (χ4n) is 1.64. The molecule has 16 heavy (non-hydrogen) atoms. The van der Waals surface area contributed by atoms with Crippen molar-refractivity contribution in [1.82, 2.24) is 0 Å². The molecule has 1 amide bonds. The quantitative estimate of drug-likeness (QED) is 0.793. The van der Waals surface area contributed by atoms with Crippen molar-refractivity contribution < 1.29 is 14.7 Å². The molecule has 0 unspecified atom stereocenters. The molecule has 1 heterocycles. The lowest BCUT2D eigenvalue weighted by atomic mass is 10.1. The zero-order chi connectivity index (χ0) is 11.5. The number of allylic oxidation sites excluding steroid dienone is 2. The standard InChI is InChI=1S/C11H11NO3S/c13-10(7-3-1-2-4-7)12-8-5-6-16-9(8)11(14)15/h1-2,5-7H,3-4H2,(H,12,13)(H,14,15). The molecule has 0 saturated carbocycles. The highest BCUT2D eigenvalue weighted by Crippen LogP contribution is 2.25. The number of carboxylic acid groups (broad SMARTS) is 1. The summed E-state index contributed by atoms with van der Waals surface area (Å²) in [7, 11) is 0. The summed E-state index contributed by atoms with van der Waals surface area (Å²) in [5, 5.41) is 13.2. The molecule has 84 valence electrons. The predicted octanol–water partition coefficient (Wildman–Crippen LogP) is 2.35. The van der Waals surface area contributed by atoms with E-state index in [1.807, 2.05) is 12.2 Å². The maximum absolute atomic E-state index is 11.7. The third-order valence-corrected chi connectivity index (χ3v) is 3.40. The maximum Gasteiger partial charge on any atom is 0.348 e. The van der Waals surface area contributed by atoms with Crippen molar-refractivity contribution >= 4 is 28.9 Å². The third-order valence-electron chi connectivity index (χ3n) is 2.50. The Hall–Kier alpha value is -1.62. The van der Waals surface area contributed by atoms with Crippen molar-refractivity contribution in [2.75, 3.05) is 5.32 Å². The molecule has 0 fully saturated rings. The highest BCUT2D eigenvalue weighted by Gasteiger charge is 2.21. The van der Waals surface area contributed by atoms with E-state index in [0.29, 0.717) is 5.69 Å². The largest absolute Gasteiger partial charge is 0.477 e. The first-order chi connectivity index (χ1) is 7.68. The van der Waals surface area contributed by atoms with Crippen molar-refractivity contribution in [3.63, 3.8) is 0 Å². The van der Waals surface area contributed by atoms with Gasteiger partial charge in [-0.15, -0.1) is 11.3 Å². The summed E-state index contributed by atoms with van der Waals surface area (Å²) in [6, 6.07) is 1.62. The second kappa shape index (κ2) is 4.49. The number of carboxylic acids is 1. The van der Waals surface area contributed by atoms with Crippen molar-refractivity contribution in [1.29, 1.82) is 0 Å². The van der Waals surface area contributed by atoms with Gasteiger partial charge in [0.1, 0.15) is 4.88 Å². The van der Waals surface area contributed by atoms with Gasteiger partial charge >= 0.3 is 5.97 Å². The predicted molar refractivity (Wildman–Crippen MR) is 61.8 cm³/mol. The zero-order valence-corrected chi connectivity index (χ0v) is 9.29. The molecule has 2 rings (SSSR count). The lowest BCUT2D eigenvalue weighted by molar-refractivity contribution is -0.119. The lowest BCUT2D eigenvalue weighted by Crippen LogP contribution is -2.21. The van der Waals surface area contributed by atoms with E-state index in [1.54, 1.807) is 11.4 Å². The molecular formula is C11H11NO3S. The van der Waals surface area contributed by atoms with Crippen LogP contribution >= 0.6 is 11.3 Å². The summed E-state index contributed by atoms with van der Waals surface area (Å²) in [4.78, 5) is 22.8. The van der Waals surface area contributed by atoms with Gasteiger partial charge in [0.2, 0.25) is 5.91 Å². The number of carbonyl (C=O) groups is 2. The zero-order valence-electron chi connectivity index (χ0n) is 8.47. The summed E-state index contributed by atoms with van der Waals surface area (Å²) in [5.41, 5.74) is 0.398. The van der Waals surface area contributed by atoms with E-state index in [9.17, 15) is 9.59 Å². The highest BCUT2D eigenvalue weighted by molar-refractivity contribution is 7.12. The van der Waals surface area contributed by atoms with Gasteiger partial charge in [-0.05, 0) is 24.3 Å². The van der Waals surface area contributed by atoms with Gasteiger partial charge in [-0.1, -0.05) is 12.2 Å². The van der Waals surface area contributed by atoms with E-state index in [2.05, 4.69) is 5.32 Å². The Kier molecular flexibility index (Phi) is 3.05. The molecule has 0 aromatic carbocycles. The minimum atomic E-state index is -1.00. The van der Waals surface area contributed by atoms with E-state index in [0.717, 1.165) is 24.2 Å². The summed E-state index contributed by atoms with van der Waals surface area (Å²) in [6.45, 7) is 0. The topological polar surface area (TPSA) is 66.4 Å². The van der Waals surface area contributed by atoms with Gasteiger partial charge in [-0.2, -0.15) is 0 Å². The normalized spacial score (nSPS) is 15.2. The molecule has 0 spiro atoms. The van der Waals surface area contributed by atoms with Crippen molar-refractivity contribution in [3.05, 3.63) is 28.5 Å². The smallest absolute Gasteiger partial charge is 0.348 e. The number of rotatable bonds is 3. The molecule has 5 heteroatoms. The molecule has 0 bridgehead atoms. The molecule has 1 aromatic heterocycles. The van der Waals surface area contributed by atoms with Gasteiger partial charge < -0.3 is 10.4 Å². The average molecular weight is 237 g/mol. The van der Waals surface area contributed by atoms with E-state index >= 15 is 0 Å². The molecule has 0 radical (unpaired) electrons. The summed E-state index contributed by atoms with van der Waals surface area (Å²) < 4.78 is 0. The minimum Gasteiger partial charge on any atom is -0.477 e. The number of hydrogen-bond acceptors (Lipinski definition) is 3. The number of anilines is 1.